The van der Waals surface area contributed by atoms with Gasteiger partial charge in [-0.15, -0.1) is 0 Å². The molecule has 0 bridgehead atoms. The predicted octanol–water partition coefficient (Wildman–Crippen LogP) is 4.89. The van der Waals surface area contributed by atoms with Gasteiger partial charge in [-0.3, -0.25) is 9.69 Å². The SMILES string of the molecule is C=C/C(=C\C(C)=C(/C)C(C)N(CCC)CCCNC(=O)c1ccc(F)c(C)c1)C(=O)O. The van der Waals surface area contributed by atoms with Gasteiger partial charge in [0.1, 0.15) is 5.82 Å². The van der Waals surface area contributed by atoms with Gasteiger partial charge >= 0.3 is 5.97 Å². The van der Waals surface area contributed by atoms with Gasteiger partial charge in [0.15, 0.2) is 0 Å². The van der Waals surface area contributed by atoms with Crippen molar-refractivity contribution in [3.8, 4) is 0 Å². The highest BCUT2D eigenvalue weighted by Gasteiger charge is 2.16. The van der Waals surface area contributed by atoms with Crippen molar-refractivity contribution in [3.05, 3.63) is 70.6 Å². The highest BCUT2D eigenvalue weighted by Crippen LogP contribution is 2.18. The van der Waals surface area contributed by atoms with Crippen LogP contribution in [0.1, 0.15) is 56.5 Å². The zero-order valence-corrected chi connectivity index (χ0v) is 19.3. The molecule has 1 unspecified atom stereocenters. The fourth-order valence-corrected chi connectivity index (χ4v) is 3.32. The number of benzene rings is 1. The quantitative estimate of drug-likeness (QED) is 0.281. The van der Waals surface area contributed by atoms with Crippen molar-refractivity contribution >= 4 is 11.9 Å². The highest BCUT2D eigenvalue weighted by molar-refractivity contribution is 5.94. The second kappa shape index (κ2) is 12.8. The van der Waals surface area contributed by atoms with Crippen LogP contribution in [0.2, 0.25) is 0 Å². The lowest BCUT2D eigenvalue weighted by Crippen LogP contribution is -2.37. The molecule has 0 aromatic heterocycles. The zero-order chi connectivity index (χ0) is 23.6. The molecule has 31 heavy (non-hydrogen) atoms. The Morgan fingerprint density at radius 2 is 1.97 bits per heavy atom. The minimum atomic E-state index is -0.993. The predicted molar refractivity (Wildman–Crippen MR) is 124 cm³/mol. The van der Waals surface area contributed by atoms with Crippen LogP contribution >= 0.6 is 0 Å². The van der Waals surface area contributed by atoms with Crippen molar-refractivity contribution in [1.29, 1.82) is 0 Å². The molecule has 0 saturated carbocycles. The van der Waals surface area contributed by atoms with E-state index in [9.17, 15) is 19.1 Å². The summed E-state index contributed by atoms with van der Waals surface area (Å²) in [5, 5.41) is 12.1. The number of allylic oxidation sites excluding steroid dienone is 2. The Morgan fingerprint density at radius 3 is 2.52 bits per heavy atom. The van der Waals surface area contributed by atoms with Crippen LogP contribution in [-0.4, -0.2) is 47.6 Å². The first-order chi connectivity index (χ1) is 14.6. The molecule has 1 rings (SSSR count). The summed E-state index contributed by atoms with van der Waals surface area (Å²) in [6.07, 6.45) is 4.75. The third kappa shape index (κ3) is 8.13. The number of carbonyl (C=O) groups is 2. The van der Waals surface area contributed by atoms with E-state index in [-0.39, 0.29) is 23.3 Å². The van der Waals surface area contributed by atoms with Crippen LogP contribution in [-0.2, 0) is 4.79 Å². The Hall–Kier alpha value is -2.73. The first-order valence-corrected chi connectivity index (χ1v) is 10.7. The van der Waals surface area contributed by atoms with Crippen LogP contribution < -0.4 is 5.32 Å². The molecule has 0 aliphatic rings. The summed E-state index contributed by atoms with van der Waals surface area (Å²) in [5.74, 6) is -1.52. The van der Waals surface area contributed by atoms with Gasteiger partial charge in [-0.25, -0.2) is 9.18 Å². The molecule has 1 aromatic carbocycles. The smallest absolute Gasteiger partial charge is 0.335 e. The highest BCUT2D eigenvalue weighted by atomic mass is 19.1. The molecule has 0 radical (unpaired) electrons. The molecule has 0 spiro atoms. The topological polar surface area (TPSA) is 69.6 Å². The second-order valence-electron chi connectivity index (χ2n) is 7.76. The van der Waals surface area contributed by atoms with E-state index in [2.05, 4.69) is 30.6 Å². The Kier molecular flexibility index (Phi) is 10.9. The maximum atomic E-state index is 13.4. The number of carboxylic acids is 1. The fourth-order valence-electron chi connectivity index (χ4n) is 3.32. The van der Waals surface area contributed by atoms with Gasteiger partial charge in [-0.2, -0.15) is 0 Å². The third-order valence-electron chi connectivity index (χ3n) is 5.47. The lowest BCUT2D eigenvalue weighted by atomic mass is 10.0. The number of aliphatic carboxylic acids is 1. The molecule has 2 N–H and O–H groups in total. The average molecular weight is 431 g/mol. The van der Waals surface area contributed by atoms with E-state index in [1.54, 1.807) is 19.1 Å². The summed E-state index contributed by atoms with van der Waals surface area (Å²) in [7, 11) is 0. The van der Waals surface area contributed by atoms with Gasteiger partial charge in [-0.1, -0.05) is 25.2 Å². The molecule has 0 heterocycles. The summed E-state index contributed by atoms with van der Waals surface area (Å²) in [6.45, 7) is 15.6. The standard InChI is InChI=1S/C25H35FN2O3/c1-7-13-28(20(6)19(5)17(3)15-21(8-2)25(30)31)14-9-12-27-24(29)22-10-11-23(26)18(4)16-22/h8,10-11,15-16,20H,2,7,9,12-14H2,1,3-6H3,(H,27,29)(H,30,31)/b19-17+,21-15+. The Bertz CT molecular complexity index is 858. The van der Waals surface area contributed by atoms with Crippen molar-refractivity contribution < 1.29 is 19.1 Å². The molecule has 6 heteroatoms. The summed E-state index contributed by atoms with van der Waals surface area (Å²) in [4.78, 5) is 25.8. The number of carboxylic acid groups (broad SMARTS) is 1. The van der Waals surface area contributed by atoms with Crippen molar-refractivity contribution in [1.82, 2.24) is 10.2 Å². The largest absolute Gasteiger partial charge is 0.478 e. The molecule has 1 amide bonds. The van der Waals surface area contributed by atoms with Gasteiger partial charge in [0.25, 0.3) is 5.91 Å². The number of carbonyl (C=O) groups excluding carboxylic acids is 1. The van der Waals surface area contributed by atoms with E-state index in [1.165, 1.54) is 18.2 Å². The van der Waals surface area contributed by atoms with Crippen LogP contribution in [0.3, 0.4) is 0 Å². The average Bonchev–Trinajstić information content (AvgIpc) is 2.74. The monoisotopic (exact) mass is 430 g/mol. The number of hydrogen-bond donors (Lipinski definition) is 2. The molecule has 170 valence electrons. The van der Waals surface area contributed by atoms with Crippen LogP contribution in [0, 0.1) is 12.7 Å². The summed E-state index contributed by atoms with van der Waals surface area (Å²) in [5.41, 5.74) is 3.08. The van der Waals surface area contributed by atoms with Gasteiger partial charge in [-0.05, 0) is 82.5 Å². The van der Waals surface area contributed by atoms with E-state index in [0.29, 0.717) is 17.7 Å². The molecule has 0 aliphatic heterocycles. The van der Waals surface area contributed by atoms with E-state index in [1.807, 2.05) is 13.8 Å². The second-order valence-corrected chi connectivity index (χ2v) is 7.76. The van der Waals surface area contributed by atoms with Crippen molar-refractivity contribution in [2.24, 2.45) is 0 Å². The Labute approximate surface area is 185 Å². The van der Waals surface area contributed by atoms with E-state index >= 15 is 0 Å². The Morgan fingerprint density at radius 1 is 1.29 bits per heavy atom. The Balaban J connectivity index is 2.73. The molecule has 0 aliphatic carbocycles. The lowest BCUT2D eigenvalue weighted by Gasteiger charge is -2.30. The van der Waals surface area contributed by atoms with Crippen LogP contribution in [0.25, 0.3) is 0 Å². The van der Waals surface area contributed by atoms with Crippen LogP contribution in [0.15, 0.2) is 53.6 Å². The number of amides is 1. The molecule has 1 aromatic rings. The number of halogens is 1. The van der Waals surface area contributed by atoms with Gasteiger partial charge in [0.2, 0.25) is 0 Å². The number of rotatable bonds is 12. The third-order valence-corrected chi connectivity index (χ3v) is 5.47. The van der Waals surface area contributed by atoms with E-state index < -0.39 is 5.97 Å². The normalized spacial score (nSPS) is 13.6. The van der Waals surface area contributed by atoms with Crippen LogP contribution in [0.5, 0.6) is 0 Å². The minimum Gasteiger partial charge on any atom is -0.478 e. The zero-order valence-electron chi connectivity index (χ0n) is 19.3. The lowest BCUT2D eigenvalue weighted by molar-refractivity contribution is -0.132. The first-order valence-electron chi connectivity index (χ1n) is 10.7. The van der Waals surface area contributed by atoms with Gasteiger partial charge in [0.05, 0.1) is 5.57 Å². The van der Waals surface area contributed by atoms with E-state index in [0.717, 1.165) is 37.1 Å². The van der Waals surface area contributed by atoms with Crippen LogP contribution in [0.4, 0.5) is 4.39 Å². The maximum Gasteiger partial charge on any atom is 0.335 e. The number of aryl methyl sites for hydroxylation is 1. The number of hydrogen-bond acceptors (Lipinski definition) is 3. The van der Waals surface area contributed by atoms with E-state index in [4.69, 9.17) is 0 Å². The fraction of sp³-hybridized carbons (Fsp3) is 0.440. The molecule has 0 saturated heterocycles. The summed E-state index contributed by atoms with van der Waals surface area (Å²) >= 11 is 0. The van der Waals surface area contributed by atoms with Crippen molar-refractivity contribution in [2.75, 3.05) is 19.6 Å². The molecule has 1 atom stereocenters. The summed E-state index contributed by atoms with van der Waals surface area (Å²) < 4.78 is 13.4. The first kappa shape index (κ1) is 26.3. The minimum absolute atomic E-state index is 0.131. The molecular formula is C25H35FN2O3. The molecule has 5 nitrogen and oxygen atoms in total. The molecule has 0 fully saturated rings. The summed E-state index contributed by atoms with van der Waals surface area (Å²) in [6, 6.07) is 4.48. The maximum absolute atomic E-state index is 13.4. The van der Waals surface area contributed by atoms with Crippen molar-refractivity contribution in [2.45, 2.75) is 53.5 Å². The van der Waals surface area contributed by atoms with Gasteiger partial charge in [0, 0.05) is 24.7 Å². The van der Waals surface area contributed by atoms with Crippen molar-refractivity contribution in [3.63, 3.8) is 0 Å². The number of nitrogens with zero attached hydrogens (tertiary/aromatic N) is 1. The molecular weight excluding hydrogens is 395 g/mol. The number of nitrogens with one attached hydrogen (secondary N) is 1. The van der Waals surface area contributed by atoms with Gasteiger partial charge < -0.3 is 10.4 Å².